The summed E-state index contributed by atoms with van der Waals surface area (Å²) in [4.78, 5) is 2.72. The first-order valence-electron chi connectivity index (χ1n) is 12.9. The summed E-state index contributed by atoms with van der Waals surface area (Å²) in [7, 11) is 0. The average molecular weight is 535 g/mol. The molecule has 0 aliphatic heterocycles. The van der Waals surface area contributed by atoms with Crippen LogP contribution in [0.4, 0.5) is 8.78 Å². The summed E-state index contributed by atoms with van der Waals surface area (Å²) < 4.78 is 29.2. The zero-order valence-electron chi connectivity index (χ0n) is 20.6. The standard InChI is InChI=1S/C34H24F2S2/c35-27-11-1-21(2-12-27)5-15-29-17-25-9-7-23-20-32-24(19-31(23)33(25)37-29)8-10-26-18-30(38-34(26)32)16-6-22-3-13-28(36)14-4-22/h1-4,7-14,17-20H,5-6,15-16H2. The molecule has 4 heteroatoms. The van der Waals surface area contributed by atoms with Crippen LogP contribution in [0, 0.1) is 11.6 Å². The van der Waals surface area contributed by atoms with Crippen molar-refractivity contribution in [2.45, 2.75) is 25.7 Å². The summed E-state index contributed by atoms with van der Waals surface area (Å²) in [6.45, 7) is 0. The largest absolute Gasteiger partial charge is 0.207 e. The molecule has 186 valence electrons. The van der Waals surface area contributed by atoms with Crippen molar-refractivity contribution in [3.05, 3.63) is 130 Å². The van der Waals surface area contributed by atoms with Crippen LogP contribution < -0.4 is 0 Å². The van der Waals surface area contributed by atoms with Crippen molar-refractivity contribution in [1.82, 2.24) is 0 Å². The van der Waals surface area contributed by atoms with E-state index < -0.39 is 0 Å². The summed E-state index contributed by atoms with van der Waals surface area (Å²) in [5, 5.41) is 7.73. The fourth-order valence-corrected chi connectivity index (χ4v) is 7.70. The van der Waals surface area contributed by atoms with Gasteiger partial charge in [-0.15, -0.1) is 22.7 Å². The Bertz CT molecular complexity index is 1780. The molecule has 0 N–H and O–H groups in total. The van der Waals surface area contributed by atoms with Crippen LogP contribution in [0.2, 0.25) is 0 Å². The van der Waals surface area contributed by atoms with Crippen molar-refractivity contribution in [1.29, 1.82) is 0 Å². The summed E-state index contributed by atoms with van der Waals surface area (Å²) in [5.41, 5.74) is 2.33. The van der Waals surface area contributed by atoms with E-state index in [2.05, 4.69) is 48.5 Å². The second kappa shape index (κ2) is 9.61. The van der Waals surface area contributed by atoms with Crippen LogP contribution in [0.3, 0.4) is 0 Å². The minimum atomic E-state index is -0.185. The van der Waals surface area contributed by atoms with E-state index in [4.69, 9.17) is 0 Å². The monoisotopic (exact) mass is 534 g/mol. The number of aryl methyl sites for hydroxylation is 4. The van der Waals surface area contributed by atoms with Gasteiger partial charge in [0, 0.05) is 29.9 Å². The van der Waals surface area contributed by atoms with Gasteiger partial charge in [0.15, 0.2) is 0 Å². The molecule has 0 radical (unpaired) electrons. The predicted octanol–water partition coefficient (Wildman–Crippen LogP) is 10.3. The Balaban J connectivity index is 1.21. The maximum Gasteiger partial charge on any atom is 0.123 e. The number of rotatable bonds is 6. The van der Waals surface area contributed by atoms with Crippen LogP contribution in [0.5, 0.6) is 0 Å². The number of benzene rings is 5. The molecule has 2 heterocycles. The topological polar surface area (TPSA) is 0 Å². The van der Waals surface area contributed by atoms with Gasteiger partial charge in [0.1, 0.15) is 11.6 Å². The van der Waals surface area contributed by atoms with Crippen LogP contribution in [-0.2, 0) is 25.7 Å². The smallest absolute Gasteiger partial charge is 0.123 e. The summed E-state index contributed by atoms with van der Waals surface area (Å²) in [5.74, 6) is -0.370. The summed E-state index contributed by atoms with van der Waals surface area (Å²) in [6.07, 6.45) is 3.73. The van der Waals surface area contributed by atoms with Crippen LogP contribution in [-0.4, -0.2) is 0 Å². The lowest BCUT2D eigenvalue weighted by Gasteiger charge is -2.05. The number of thiophene rings is 2. The zero-order valence-corrected chi connectivity index (χ0v) is 22.3. The Morgan fingerprint density at radius 1 is 0.421 bits per heavy atom. The quantitative estimate of drug-likeness (QED) is 0.186. The Kier molecular flexibility index (Phi) is 5.95. The summed E-state index contributed by atoms with van der Waals surface area (Å²) >= 11 is 3.75. The van der Waals surface area contributed by atoms with Gasteiger partial charge in [-0.3, -0.25) is 0 Å². The first kappa shape index (κ1) is 23.5. The van der Waals surface area contributed by atoms with Gasteiger partial charge >= 0.3 is 0 Å². The summed E-state index contributed by atoms with van der Waals surface area (Å²) in [6, 6.07) is 32.0. The van der Waals surface area contributed by atoms with Gasteiger partial charge in [-0.05, 0) is 107 Å². The molecular weight excluding hydrogens is 511 g/mol. The lowest BCUT2D eigenvalue weighted by atomic mass is 10.0. The van der Waals surface area contributed by atoms with Crippen molar-refractivity contribution >= 4 is 64.4 Å². The number of fused-ring (bicyclic) bond motifs is 6. The molecule has 7 rings (SSSR count). The molecule has 0 aliphatic rings. The SMILES string of the molecule is Fc1ccc(CCc2cc3ccc4cc5c(ccc6cc(CCc7ccc(F)cc7)sc65)cc4c3s2)cc1. The van der Waals surface area contributed by atoms with E-state index in [0.717, 1.165) is 36.8 Å². The Morgan fingerprint density at radius 3 is 1.24 bits per heavy atom. The van der Waals surface area contributed by atoms with Crippen molar-refractivity contribution in [2.75, 3.05) is 0 Å². The highest BCUT2D eigenvalue weighted by molar-refractivity contribution is 7.20. The van der Waals surface area contributed by atoms with Gasteiger partial charge in [-0.2, -0.15) is 0 Å². The first-order valence-corrected chi connectivity index (χ1v) is 14.5. The molecule has 0 aliphatic carbocycles. The van der Waals surface area contributed by atoms with E-state index in [1.54, 1.807) is 0 Å². The molecule has 2 aromatic heterocycles. The van der Waals surface area contributed by atoms with E-state index in [1.807, 2.05) is 46.9 Å². The molecule has 0 spiro atoms. The van der Waals surface area contributed by atoms with Crippen LogP contribution in [0.25, 0.3) is 41.7 Å². The molecule has 5 aromatic carbocycles. The third-order valence-electron chi connectivity index (χ3n) is 7.37. The van der Waals surface area contributed by atoms with Crippen LogP contribution in [0.15, 0.2) is 97.1 Å². The maximum absolute atomic E-state index is 13.2. The number of halogens is 2. The molecule has 7 aromatic rings. The predicted molar refractivity (Wildman–Crippen MR) is 160 cm³/mol. The molecule has 0 nitrogen and oxygen atoms in total. The normalized spacial score (nSPS) is 11.8. The Morgan fingerprint density at radius 2 is 0.816 bits per heavy atom. The molecule has 0 fully saturated rings. The molecule has 0 amide bonds. The fraction of sp³-hybridized carbons (Fsp3) is 0.118. The van der Waals surface area contributed by atoms with E-state index >= 15 is 0 Å². The maximum atomic E-state index is 13.2. The Hall–Kier alpha value is -3.60. The fourth-order valence-electron chi connectivity index (χ4n) is 5.33. The van der Waals surface area contributed by atoms with Crippen LogP contribution in [0.1, 0.15) is 20.9 Å². The third-order valence-corrected chi connectivity index (χ3v) is 9.85. The number of hydrogen-bond acceptors (Lipinski definition) is 2. The molecule has 0 saturated heterocycles. The highest BCUT2D eigenvalue weighted by atomic mass is 32.1. The molecule has 0 unspecified atom stereocenters. The molecule has 0 atom stereocenters. The Labute approximate surface area is 227 Å². The van der Waals surface area contributed by atoms with Crippen molar-refractivity contribution in [2.24, 2.45) is 0 Å². The third kappa shape index (κ3) is 4.48. The second-order valence-electron chi connectivity index (χ2n) is 9.94. The van der Waals surface area contributed by atoms with E-state index in [1.165, 1.54) is 75.7 Å². The van der Waals surface area contributed by atoms with Crippen molar-refractivity contribution in [3.63, 3.8) is 0 Å². The molecule has 0 bridgehead atoms. The van der Waals surface area contributed by atoms with Gasteiger partial charge in [0.25, 0.3) is 0 Å². The van der Waals surface area contributed by atoms with Crippen LogP contribution >= 0.6 is 22.7 Å². The highest BCUT2D eigenvalue weighted by Gasteiger charge is 2.11. The highest BCUT2D eigenvalue weighted by Crippen LogP contribution is 2.39. The average Bonchev–Trinajstić information content (AvgIpc) is 3.56. The van der Waals surface area contributed by atoms with Crippen molar-refractivity contribution in [3.8, 4) is 0 Å². The second-order valence-corrected chi connectivity index (χ2v) is 12.2. The van der Waals surface area contributed by atoms with Gasteiger partial charge in [0.2, 0.25) is 0 Å². The van der Waals surface area contributed by atoms with E-state index in [0.29, 0.717) is 0 Å². The molecule has 0 saturated carbocycles. The zero-order chi connectivity index (χ0) is 25.6. The minimum absolute atomic E-state index is 0.185. The van der Waals surface area contributed by atoms with E-state index in [9.17, 15) is 8.78 Å². The van der Waals surface area contributed by atoms with Gasteiger partial charge in [-0.25, -0.2) is 8.78 Å². The lowest BCUT2D eigenvalue weighted by molar-refractivity contribution is 0.626. The minimum Gasteiger partial charge on any atom is -0.207 e. The molecule has 38 heavy (non-hydrogen) atoms. The lowest BCUT2D eigenvalue weighted by Crippen LogP contribution is -1.88. The number of hydrogen-bond donors (Lipinski definition) is 0. The van der Waals surface area contributed by atoms with Gasteiger partial charge < -0.3 is 0 Å². The molecular formula is C34H24F2S2. The van der Waals surface area contributed by atoms with Gasteiger partial charge in [0.05, 0.1) is 0 Å². The van der Waals surface area contributed by atoms with E-state index in [-0.39, 0.29) is 11.6 Å². The first-order chi connectivity index (χ1) is 18.6. The van der Waals surface area contributed by atoms with Gasteiger partial charge in [-0.1, -0.05) is 48.5 Å². The van der Waals surface area contributed by atoms with Crippen molar-refractivity contribution < 1.29 is 8.78 Å².